The van der Waals surface area contributed by atoms with Crippen LogP contribution in [0, 0.1) is 0 Å². The van der Waals surface area contributed by atoms with E-state index in [1.807, 2.05) is 50.5 Å². The molecule has 2 aromatic rings. The first kappa shape index (κ1) is 18.6. The molecule has 1 N–H and O–H groups in total. The maximum absolute atomic E-state index is 12.6. The first-order valence-corrected chi connectivity index (χ1v) is 9.86. The van der Waals surface area contributed by atoms with Crippen molar-refractivity contribution in [2.24, 2.45) is 0 Å². The molecule has 2 unspecified atom stereocenters. The molecule has 140 valence electrons. The van der Waals surface area contributed by atoms with Crippen molar-refractivity contribution < 1.29 is 14.3 Å². The quantitative estimate of drug-likeness (QED) is 0.817. The zero-order valence-electron chi connectivity index (χ0n) is 15.7. The number of hydrogen-bond acceptors (Lipinski definition) is 4. The summed E-state index contributed by atoms with van der Waals surface area (Å²) < 4.78 is 11.6. The second kappa shape index (κ2) is 7.99. The molecule has 26 heavy (non-hydrogen) atoms. The largest absolute Gasteiger partial charge is 0.494 e. The summed E-state index contributed by atoms with van der Waals surface area (Å²) in [5.41, 5.74) is 2.10. The number of amides is 2. The Bertz CT molecular complexity index is 761. The zero-order valence-corrected chi connectivity index (χ0v) is 16.6. The molecule has 0 fully saturated rings. The van der Waals surface area contributed by atoms with E-state index in [2.05, 4.69) is 12.2 Å². The summed E-state index contributed by atoms with van der Waals surface area (Å²) in [6.45, 7) is 7.04. The molecule has 2 heterocycles. The molecule has 0 spiro atoms. The van der Waals surface area contributed by atoms with Crippen LogP contribution in [0.5, 0.6) is 11.5 Å². The Morgan fingerprint density at radius 3 is 3.00 bits per heavy atom. The molecule has 0 aliphatic carbocycles. The van der Waals surface area contributed by atoms with Crippen molar-refractivity contribution in [3.8, 4) is 11.5 Å². The van der Waals surface area contributed by atoms with E-state index in [4.69, 9.17) is 9.47 Å². The fraction of sp³-hybridized carbons (Fsp3) is 0.450. The third-order valence-electron chi connectivity index (χ3n) is 4.67. The number of urea groups is 1. The van der Waals surface area contributed by atoms with Gasteiger partial charge in [-0.3, -0.25) is 0 Å². The molecule has 2 atom stereocenters. The van der Waals surface area contributed by atoms with E-state index in [1.165, 1.54) is 5.56 Å². The second-order valence-corrected chi connectivity index (χ2v) is 7.57. The lowest BCUT2D eigenvalue weighted by Crippen LogP contribution is -2.38. The molecule has 5 nitrogen and oxygen atoms in total. The van der Waals surface area contributed by atoms with Crippen LogP contribution in [-0.2, 0) is 13.0 Å². The van der Waals surface area contributed by atoms with Gasteiger partial charge in [-0.1, -0.05) is 6.07 Å². The topological polar surface area (TPSA) is 50.8 Å². The number of carbonyl (C=O) groups is 1. The molecule has 6 heteroatoms. The van der Waals surface area contributed by atoms with E-state index < -0.39 is 0 Å². The summed E-state index contributed by atoms with van der Waals surface area (Å²) in [5.74, 6) is 1.71. The van der Waals surface area contributed by atoms with Crippen molar-refractivity contribution >= 4 is 17.4 Å². The minimum absolute atomic E-state index is 0.0329. The maximum atomic E-state index is 12.6. The minimum atomic E-state index is -0.108. The van der Waals surface area contributed by atoms with Crippen LogP contribution in [0.2, 0.25) is 0 Å². The average Bonchev–Trinajstić information content (AvgIpc) is 3.27. The van der Waals surface area contributed by atoms with Gasteiger partial charge in [-0.2, -0.15) is 0 Å². The van der Waals surface area contributed by atoms with Crippen molar-refractivity contribution in [1.82, 2.24) is 10.2 Å². The molecule has 0 bridgehead atoms. The number of benzene rings is 1. The van der Waals surface area contributed by atoms with Gasteiger partial charge >= 0.3 is 6.03 Å². The summed E-state index contributed by atoms with van der Waals surface area (Å²) in [7, 11) is 1.82. The number of rotatable bonds is 6. The highest BCUT2D eigenvalue weighted by atomic mass is 32.1. The van der Waals surface area contributed by atoms with Gasteiger partial charge < -0.3 is 19.7 Å². The minimum Gasteiger partial charge on any atom is -0.494 e. The molecule has 0 saturated heterocycles. The number of nitrogens with zero attached hydrogens (tertiary/aromatic N) is 1. The molecule has 0 radical (unpaired) electrons. The third kappa shape index (κ3) is 3.96. The Hall–Kier alpha value is -2.21. The maximum Gasteiger partial charge on any atom is 0.317 e. The predicted octanol–water partition coefficient (Wildman–Crippen LogP) is 4.37. The number of nitrogens with one attached hydrogen (secondary N) is 1. The van der Waals surface area contributed by atoms with Crippen molar-refractivity contribution in [3.05, 3.63) is 45.6 Å². The van der Waals surface area contributed by atoms with Crippen LogP contribution in [0.3, 0.4) is 0 Å². The van der Waals surface area contributed by atoms with Gasteiger partial charge in [-0.25, -0.2) is 4.79 Å². The fourth-order valence-corrected chi connectivity index (χ4v) is 3.93. The number of ether oxygens (including phenoxy) is 2. The third-order valence-corrected chi connectivity index (χ3v) is 5.71. The van der Waals surface area contributed by atoms with Gasteiger partial charge in [0.2, 0.25) is 0 Å². The van der Waals surface area contributed by atoms with E-state index in [1.54, 1.807) is 16.2 Å². The van der Waals surface area contributed by atoms with Crippen LogP contribution in [0.4, 0.5) is 4.79 Å². The van der Waals surface area contributed by atoms with Crippen LogP contribution >= 0.6 is 11.3 Å². The van der Waals surface area contributed by atoms with Gasteiger partial charge in [-0.15, -0.1) is 11.3 Å². The second-order valence-electron chi connectivity index (χ2n) is 6.59. The molecule has 2 amide bonds. The van der Waals surface area contributed by atoms with E-state index in [0.717, 1.165) is 28.4 Å². The molecule has 1 aliphatic rings. The Kier molecular flexibility index (Phi) is 5.71. The summed E-state index contributed by atoms with van der Waals surface area (Å²) >= 11 is 1.66. The molecular weight excluding hydrogens is 348 g/mol. The van der Waals surface area contributed by atoms with Crippen LogP contribution in [0.15, 0.2) is 29.6 Å². The number of carbonyl (C=O) groups excluding carboxylic acids is 1. The summed E-state index contributed by atoms with van der Waals surface area (Å²) in [5, 5.41) is 5.02. The van der Waals surface area contributed by atoms with Crippen LogP contribution in [0.25, 0.3) is 0 Å². The van der Waals surface area contributed by atoms with Gasteiger partial charge in [0.25, 0.3) is 0 Å². The standard InChI is InChI=1S/C20H26N2O3S/c1-5-24-17-10-15-9-13(2)25-18(15)11-16(17)12-21-20(23)22(4)14(3)19-7-6-8-26-19/h6-8,10-11,13-14H,5,9,12H2,1-4H3,(H,21,23). The predicted molar refractivity (Wildman–Crippen MR) is 104 cm³/mol. The van der Waals surface area contributed by atoms with Crippen LogP contribution < -0.4 is 14.8 Å². The highest BCUT2D eigenvalue weighted by Gasteiger charge is 2.23. The van der Waals surface area contributed by atoms with Crippen molar-refractivity contribution in [3.63, 3.8) is 0 Å². The average molecular weight is 375 g/mol. The van der Waals surface area contributed by atoms with Crippen molar-refractivity contribution in [1.29, 1.82) is 0 Å². The number of hydrogen-bond donors (Lipinski definition) is 1. The molecule has 3 rings (SSSR count). The smallest absolute Gasteiger partial charge is 0.317 e. The fourth-order valence-electron chi connectivity index (χ4n) is 3.10. The van der Waals surface area contributed by atoms with Gasteiger partial charge in [0.05, 0.1) is 12.6 Å². The summed E-state index contributed by atoms with van der Waals surface area (Å²) in [6.07, 6.45) is 1.07. The van der Waals surface area contributed by atoms with Crippen molar-refractivity contribution in [2.45, 2.75) is 45.9 Å². The van der Waals surface area contributed by atoms with E-state index >= 15 is 0 Å². The highest BCUT2D eigenvalue weighted by molar-refractivity contribution is 7.10. The lowest BCUT2D eigenvalue weighted by molar-refractivity contribution is 0.194. The Labute approximate surface area is 158 Å². The summed E-state index contributed by atoms with van der Waals surface area (Å²) in [6, 6.07) is 8.01. The van der Waals surface area contributed by atoms with E-state index in [-0.39, 0.29) is 18.2 Å². The first-order chi connectivity index (χ1) is 12.5. The lowest BCUT2D eigenvalue weighted by atomic mass is 10.1. The normalized spacial score (nSPS) is 16.5. The Morgan fingerprint density at radius 2 is 2.31 bits per heavy atom. The lowest BCUT2D eigenvalue weighted by Gasteiger charge is -2.24. The van der Waals surface area contributed by atoms with Crippen LogP contribution in [0.1, 0.15) is 42.8 Å². The molecule has 1 aromatic carbocycles. The Balaban J connectivity index is 1.68. The van der Waals surface area contributed by atoms with Gasteiger partial charge in [0.15, 0.2) is 0 Å². The van der Waals surface area contributed by atoms with Crippen molar-refractivity contribution in [2.75, 3.05) is 13.7 Å². The SMILES string of the molecule is CCOc1cc2c(cc1CNC(=O)N(C)C(C)c1cccs1)OC(C)C2. The number of thiophene rings is 1. The molecular formula is C20H26N2O3S. The monoisotopic (exact) mass is 374 g/mol. The number of fused-ring (bicyclic) bond motifs is 1. The zero-order chi connectivity index (χ0) is 18.7. The first-order valence-electron chi connectivity index (χ1n) is 8.99. The van der Waals surface area contributed by atoms with Gasteiger partial charge in [-0.05, 0) is 44.4 Å². The van der Waals surface area contributed by atoms with Crippen LogP contribution in [-0.4, -0.2) is 30.7 Å². The molecule has 1 aromatic heterocycles. The molecule has 1 aliphatic heterocycles. The summed E-state index contributed by atoms with van der Waals surface area (Å²) in [4.78, 5) is 15.4. The molecule has 0 saturated carbocycles. The van der Waals surface area contributed by atoms with Gasteiger partial charge in [0, 0.05) is 36.0 Å². The Morgan fingerprint density at radius 1 is 1.50 bits per heavy atom. The highest BCUT2D eigenvalue weighted by Crippen LogP contribution is 2.35. The van der Waals surface area contributed by atoms with Gasteiger partial charge in [0.1, 0.15) is 17.6 Å². The van der Waals surface area contributed by atoms with E-state index in [0.29, 0.717) is 13.2 Å². The van der Waals surface area contributed by atoms with E-state index in [9.17, 15) is 4.79 Å².